The molecule has 0 N–H and O–H groups in total. The summed E-state index contributed by atoms with van der Waals surface area (Å²) >= 11 is 0. The summed E-state index contributed by atoms with van der Waals surface area (Å²) in [4.78, 5) is 30.6. The molecule has 0 atom stereocenters. The maximum atomic E-state index is 12.8. The van der Waals surface area contributed by atoms with Crippen molar-refractivity contribution in [3.05, 3.63) is 60.2 Å². The Bertz CT molecular complexity index is 817. The predicted octanol–water partition coefficient (Wildman–Crippen LogP) is 2.44. The molecule has 0 spiro atoms. The number of amides is 2. The van der Waals surface area contributed by atoms with Crippen LogP contribution in [0.1, 0.15) is 12.5 Å². The smallest absolute Gasteiger partial charge is 0.242 e. The van der Waals surface area contributed by atoms with Gasteiger partial charge in [0.2, 0.25) is 11.8 Å². The van der Waals surface area contributed by atoms with E-state index < -0.39 is 0 Å². The first kappa shape index (κ1) is 20.7. The van der Waals surface area contributed by atoms with Gasteiger partial charge in [0.05, 0.1) is 13.7 Å². The van der Waals surface area contributed by atoms with E-state index in [0.29, 0.717) is 26.1 Å². The fraction of sp³-hybridized carbons (Fsp3) is 0.391. The van der Waals surface area contributed by atoms with Crippen molar-refractivity contribution in [3.63, 3.8) is 0 Å². The fourth-order valence-corrected chi connectivity index (χ4v) is 3.63. The van der Waals surface area contributed by atoms with Gasteiger partial charge in [-0.3, -0.25) is 9.59 Å². The molecule has 6 heteroatoms. The van der Waals surface area contributed by atoms with Crippen LogP contribution in [0.2, 0.25) is 0 Å². The van der Waals surface area contributed by atoms with Gasteiger partial charge in [-0.05, 0) is 30.2 Å². The summed E-state index contributed by atoms with van der Waals surface area (Å²) in [6.07, 6.45) is 0.651. The Morgan fingerprint density at radius 3 is 2.28 bits per heavy atom. The number of hydrogen-bond donors (Lipinski definition) is 0. The standard InChI is InChI=1S/C23H29N3O3/c1-19(27)26(13-12-20-8-6-7-11-22(20)29-2)18-23(28)25-16-14-24(15-17-25)21-9-4-3-5-10-21/h3-11H,12-18H2,1-2H3. The van der Waals surface area contributed by atoms with Crippen molar-refractivity contribution in [1.82, 2.24) is 9.80 Å². The quantitative estimate of drug-likeness (QED) is 0.723. The minimum absolute atomic E-state index is 0.00735. The van der Waals surface area contributed by atoms with Crippen LogP contribution in [0.15, 0.2) is 54.6 Å². The largest absolute Gasteiger partial charge is 0.496 e. The average Bonchev–Trinajstić information content (AvgIpc) is 2.77. The lowest BCUT2D eigenvalue weighted by Gasteiger charge is -2.37. The molecule has 2 aromatic rings. The van der Waals surface area contributed by atoms with Crippen LogP contribution in [-0.4, -0.2) is 68.0 Å². The number of para-hydroxylation sites is 2. The van der Waals surface area contributed by atoms with Crippen LogP contribution >= 0.6 is 0 Å². The zero-order valence-corrected chi connectivity index (χ0v) is 17.2. The van der Waals surface area contributed by atoms with Crippen LogP contribution in [0, 0.1) is 0 Å². The topological polar surface area (TPSA) is 53.1 Å². The third-order valence-electron chi connectivity index (χ3n) is 5.37. The first-order valence-electron chi connectivity index (χ1n) is 10.0. The number of carbonyl (C=O) groups is 2. The number of ether oxygens (including phenoxy) is 1. The molecule has 1 fully saturated rings. The summed E-state index contributed by atoms with van der Waals surface area (Å²) in [5.74, 6) is 0.725. The van der Waals surface area contributed by atoms with E-state index in [9.17, 15) is 9.59 Å². The van der Waals surface area contributed by atoms with Crippen LogP contribution in [0.3, 0.4) is 0 Å². The summed E-state index contributed by atoms with van der Waals surface area (Å²) in [6.45, 7) is 5.08. The second-order valence-corrected chi connectivity index (χ2v) is 7.21. The molecule has 1 aliphatic heterocycles. The minimum Gasteiger partial charge on any atom is -0.496 e. The van der Waals surface area contributed by atoms with Crippen molar-refractivity contribution in [2.75, 3.05) is 51.3 Å². The molecule has 3 rings (SSSR count). The lowest BCUT2D eigenvalue weighted by molar-refractivity contribution is -0.139. The van der Waals surface area contributed by atoms with E-state index in [1.165, 1.54) is 12.6 Å². The number of anilines is 1. The molecule has 0 radical (unpaired) electrons. The highest BCUT2D eigenvalue weighted by atomic mass is 16.5. The molecule has 154 valence electrons. The highest BCUT2D eigenvalue weighted by Gasteiger charge is 2.23. The van der Waals surface area contributed by atoms with E-state index >= 15 is 0 Å². The number of methoxy groups -OCH3 is 1. The van der Waals surface area contributed by atoms with Crippen molar-refractivity contribution < 1.29 is 14.3 Å². The van der Waals surface area contributed by atoms with E-state index in [2.05, 4.69) is 17.0 Å². The van der Waals surface area contributed by atoms with Crippen LogP contribution in [0.25, 0.3) is 0 Å². The zero-order valence-electron chi connectivity index (χ0n) is 17.2. The molecule has 0 bridgehead atoms. The maximum absolute atomic E-state index is 12.8. The molecular formula is C23H29N3O3. The molecule has 1 aliphatic rings. The van der Waals surface area contributed by atoms with Gasteiger partial charge >= 0.3 is 0 Å². The van der Waals surface area contributed by atoms with Crippen molar-refractivity contribution in [3.8, 4) is 5.75 Å². The predicted molar refractivity (Wildman–Crippen MR) is 114 cm³/mol. The zero-order chi connectivity index (χ0) is 20.6. The molecule has 0 aromatic heterocycles. The molecule has 0 aliphatic carbocycles. The number of nitrogens with zero attached hydrogens (tertiary/aromatic N) is 3. The first-order valence-corrected chi connectivity index (χ1v) is 10.0. The van der Waals surface area contributed by atoms with E-state index in [0.717, 1.165) is 24.4 Å². The lowest BCUT2D eigenvalue weighted by Crippen LogP contribution is -2.52. The van der Waals surface area contributed by atoms with Crippen LogP contribution in [0.4, 0.5) is 5.69 Å². The van der Waals surface area contributed by atoms with Gasteiger partial charge in [-0.2, -0.15) is 0 Å². The molecule has 2 aromatic carbocycles. The minimum atomic E-state index is -0.0869. The van der Waals surface area contributed by atoms with Gasteiger partial charge in [0.25, 0.3) is 0 Å². The van der Waals surface area contributed by atoms with Gasteiger partial charge in [-0.15, -0.1) is 0 Å². The lowest BCUT2D eigenvalue weighted by atomic mass is 10.1. The highest BCUT2D eigenvalue weighted by Crippen LogP contribution is 2.18. The summed E-state index contributed by atoms with van der Waals surface area (Å²) < 4.78 is 5.38. The van der Waals surface area contributed by atoms with Crippen molar-refractivity contribution in [2.45, 2.75) is 13.3 Å². The highest BCUT2D eigenvalue weighted by molar-refractivity contribution is 5.84. The Kier molecular flexibility index (Phi) is 7.11. The number of benzene rings is 2. The second kappa shape index (κ2) is 9.96. The fourth-order valence-electron chi connectivity index (χ4n) is 3.63. The summed E-state index contributed by atoms with van der Waals surface area (Å²) in [7, 11) is 1.64. The molecule has 0 saturated carbocycles. The van der Waals surface area contributed by atoms with Gasteiger partial charge in [-0.1, -0.05) is 36.4 Å². The molecule has 29 heavy (non-hydrogen) atoms. The molecule has 2 amide bonds. The van der Waals surface area contributed by atoms with Crippen LogP contribution in [-0.2, 0) is 16.0 Å². The summed E-state index contributed by atoms with van der Waals surface area (Å²) in [6, 6.07) is 18.0. The summed E-state index contributed by atoms with van der Waals surface area (Å²) in [5.41, 5.74) is 2.21. The number of carbonyl (C=O) groups excluding carboxylic acids is 2. The van der Waals surface area contributed by atoms with E-state index in [1.54, 1.807) is 12.0 Å². The van der Waals surface area contributed by atoms with Crippen molar-refractivity contribution in [2.24, 2.45) is 0 Å². The van der Waals surface area contributed by atoms with Crippen LogP contribution < -0.4 is 9.64 Å². The van der Waals surface area contributed by atoms with Gasteiger partial charge in [0.1, 0.15) is 5.75 Å². The van der Waals surface area contributed by atoms with Crippen LogP contribution in [0.5, 0.6) is 5.75 Å². The van der Waals surface area contributed by atoms with Gasteiger partial charge in [-0.25, -0.2) is 0 Å². The Balaban J connectivity index is 1.53. The first-order chi connectivity index (χ1) is 14.1. The Morgan fingerprint density at radius 2 is 1.62 bits per heavy atom. The van der Waals surface area contributed by atoms with Gasteiger partial charge < -0.3 is 19.4 Å². The molecule has 1 saturated heterocycles. The van der Waals surface area contributed by atoms with Crippen molar-refractivity contribution >= 4 is 17.5 Å². The Hall–Kier alpha value is -3.02. The normalized spacial score (nSPS) is 13.9. The number of piperazine rings is 1. The van der Waals surface area contributed by atoms with Gasteiger partial charge in [0, 0.05) is 45.3 Å². The van der Waals surface area contributed by atoms with E-state index in [-0.39, 0.29) is 18.4 Å². The van der Waals surface area contributed by atoms with Crippen molar-refractivity contribution in [1.29, 1.82) is 0 Å². The molecule has 1 heterocycles. The number of rotatable bonds is 7. The SMILES string of the molecule is COc1ccccc1CCN(CC(=O)N1CCN(c2ccccc2)CC1)C(C)=O. The average molecular weight is 396 g/mol. The molecule has 0 unspecified atom stereocenters. The monoisotopic (exact) mass is 395 g/mol. The Morgan fingerprint density at radius 1 is 0.966 bits per heavy atom. The summed E-state index contributed by atoms with van der Waals surface area (Å²) in [5, 5.41) is 0. The van der Waals surface area contributed by atoms with E-state index in [1.807, 2.05) is 47.4 Å². The molecule has 6 nitrogen and oxygen atoms in total. The molecular weight excluding hydrogens is 366 g/mol. The van der Waals surface area contributed by atoms with Gasteiger partial charge in [0.15, 0.2) is 0 Å². The number of hydrogen-bond acceptors (Lipinski definition) is 4. The third-order valence-corrected chi connectivity index (χ3v) is 5.37. The Labute approximate surface area is 172 Å². The van der Waals surface area contributed by atoms with E-state index in [4.69, 9.17) is 4.74 Å². The second-order valence-electron chi connectivity index (χ2n) is 7.21. The third kappa shape index (κ3) is 5.50. The maximum Gasteiger partial charge on any atom is 0.242 e.